The first-order chi connectivity index (χ1) is 18.2. The van der Waals surface area contributed by atoms with Gasteiger partial charge >= 0.3 is 0 Å². The Hall–Kier alpha value is -4.69. The Labute approximate surface area is 215 Å². The second-order valence-electron chi connectivity index (χ2n) is 10.2. The van der Waals surface area contributed by atoms with Crippen LogP contribution in [0, 0.1) is 6.92 Å². The van der Waals surface area contributed by atoms with E-state index in [0.717, 1.165) is 0 Å². The van der Waals surface area contributed by atoms with E-state index in [9.17, 15) is 0 Å². The van der Waals surface area contributed by atoms with Gasteiger partial charge in [-0.1, -0.05) is 91.0 Å². The molecule has 0 unspecified atom stereocenters. The number of hydrogen-bond acceptors (Lipinski definition) is 0. The van der Waals surface area contributed by atoms with Gasteiger partial charge in [0, 0.05) is 22.4 Å². The molecule has 3 heterocycles. The molecular weight excluding hydrogens is 448 g/mol. The molecule has 0 aliphatic rings. The Morgan fingerprint density at radius 1 is 0.595 bits per heavy atom. The number of benzene rings is 5. The van der Waals surface area contributed by atoms with Crippen molar-refractivity contribution >= 4 is 49.0 Å². The summed E-state index contributed by atoms with van der Waals surface area (Å²) < 4.78 is 4.85. The number of rotatable bonds is 2. The Kier molecular flexibility index (Phi) is 4.10. The average molecular weight is 474 g/mol. The van der Waals surface area contributed by atoms with Gasteiger partial charge in [-0.3, -0.25) is 0 Å². The third-order valence-corrected chi connectivity index (χ3v) is 8.04. The fraction of sp³-hybridized carbons (Fsp3) is 0.0571. The summed E-state index contributed by atoms with van der Waals surface area (Å²) in [4.78, 5) is 0. The Morgan fingerprint density at radius 3 is 2.11 bits per heavy atom. The molecular formula is C35H25N2+. The maximum Gasteiger partial charge on any atom is 0.224 e. The van der Waals surface area contributed by atoms with Crippen LogP contribution in [0.1, 0.15) is 5.56 Å². The first-order valence-electron chi connectivity index (χ1n) is 12.9. The van der Waals surface area contributed by atoms with Gasteiger partial charge in [-0.05, 0) is 46.7 Å². The smallest absolute Gasteiger partial charge is 0.224 e. The topological polar surface area (TPSA) is 8.29 Å². The first kappa shape index (κ1) is 20.5. The molecule has 0 N–H and O–H groups in total. The van der Waals surface area contributed by atoms with Crippen LogP contribution < -0.4 is 4.57 Å². The molecule has 0 amide bonds. The fourth-order valence-electron chi connectivity index (χ4n) is 6.40. The monoisotopic (exact) mass is 473 g/mol. The Bertz CT molecular complexity index is 2130. The SMILES string of the molecule is Cc1ccc2c3cccc(-c4ccccc4)c3n3c4cc(-c5ccccc5)cc5cc[n+](C)c(c1c23)c54. The van der Waals surface area contributed by atoms with Gasteiger partial charge in [0.2, 0.25) is 5.52 Å². The van der Waals surface area contributed by atoms with Crippen molar-refractivity contribution in [1.82, 2.24) is 4.40 Å². The van der Waals surface area contributed by atoms with Gasteiger partial charge in [0.25, 0.3) is 0 Å². The van der Waals surface area contributed by atoms with Gasteiger partial charge in [-0.25, -0.2) is 4.57 Å². The van der Waals surface area contributed by atoms with E-state index in [0.29, 0.717) is 0 Å². The summed E-state index contributed by atoms with van der Waals surface area (Å²) in [6, 6.07) is 39.9. The van der Waals surface area contributed by atoms with Gasteiger partial charge in [0.1, 0.15) is 7.05 Å². The molecule has 0 atom stereocenters. The zero-order valence-corrected chi connectivity index (χ0v) is 20.9. The van der Waals surface area contributed by atoms with E-state index in [4.69, 9.17) is 0 Å². The maximum absolute atomic E-state index is 2.55. The second kappa shape index (κ2) is 7.41. The third kappa shape index (κ3) is 2.73. The van der Waals surface area contributed by atoms with E-state index >= 15 is 0 Å². The lowest BCUT2D eigenvalue weighted by Gasteiger charge is -2.15. The molecule has 5 aromatic carbocycles. The summed E-state index contributed by atoms with van der Waals surface area (Å²) in [5.74, 6) is 0. The van der Waals surface area contributed by atoms with Crippen molar-refractivity contribution in [2.24, 2.45) is 7.05 Å². The molecule has 174 valence electrons. The molecule has 0 saturated heterocycles. The predicted molar refractivity (Wildman–Crippen MR) is 155 cm³/mol. The van der Waals surface area contributed by atoms with E-state index in [1.807, 2.05) is 0 Å². The van der Waals surface area contributed by atoms with Gasteiger partial charge < -0.3 is 4.40 Å². The molecule has 8 aromatic rings. The molecule has 0 fully saturated rings. The van der Waals surface area contributed by atoms with Crippen molar-refractivity contribution in [3.63, 3.8) is 0 Å². The van der Waals surface area contributed by atoms with Crippen LogP contribution in [0.2, 0.25) is 0 Å². The number of aryl methyl sites for hydroxylation is 2. The van der Waals surface area contributed by atoms with Crippen LogP contribution in [0.4, 0.5) is 0 Å². The summed E-state index contributed by atoms with van der Waals surface area (Å²) in [5, 5.41) is 6.52. The van der Waals surface area contributed by atoms with E-state index in [1.54, 1.807) is 0 Å². The van der Waals surface area contributed by atoms with E-state index in [-0.39, 0.29) is 0 Å². The lowest BCUT2D eigenvalue weighted by molar-refractivity contribution is -0.643. The normalized spacial score (nSPS) is 12.1. The predicted octanol–water partition coefficient (Wildman–Crippen LogP) is 8.46. The molecule has 2 heteroatoms. The van der Waals surface area contributed by atoms with Crippen molar-refractivity contribution in [2.45, 2.75) is 6.92 Å². The summed E-state index contributed by atoms with van der Waals surface area (Å²) in [5.41, 5.74) is 11.4. The highest BCUT2D eigenvalue weighted by atomic mass is 15.0. The van der Waals surface area contributed by atoms with Gasteiger partial charge in [-0.15, -0.1) is 0 Å². The summed E-state index contributed by atoms with van der Waals surface area (Å²) in [6.45, 7) is 2.25. The molecule has 0 aliphatic carbocycles. The summed E-state index contributed by atoms with van der Waals surface area (Å²) in [6.07, 6.45) is 2.21. The van der Waals surface area contributed by atoms with Crippen LogP contribution in [0.25, 0.3) is 71.3 Å². The number of para-hydroxylation sites is 1. The molecule has 0 aliphatic heterocycles. The highest BCUT2D eigenvalue weighted by molar-refractivity contribution is 6.27. The number of nitrogens with zero attached hydrogens (tertiary/aromatic N) is 2. The minimum absolute atomic E-state index is 1.24. The third-order valence-electron chi connectivity index (χ3n) is 8.04. The molecule has 3 aromatic heterocycles. The lowest BCUT2D eigenvalue weighted by Crippen LogP contribution is -2.28. The molecule has 0 saturated carbocycles. The number of aromatic nitrogens is 2. The Balaban J connectivity index is 1.71. The van der Waals surface area contributed by atoms with Crippen molar-refractivity contribution in [2.75, 3.05) is 0 Å². The molecule has 0 spiro atoms. The summed E-state index contributed by atoms with van der Waals surface area (Å²) in [7, 11) is 2.18. The standard InChI is InChI=1S/C35H25N2/c1-22-16-17-29-28-15-9-14-27(24-12-7-4-8-13-24)33(28)37-30-21-26(23-10-5-3-6-11-23)20-25-18-19-36(2)35(32(25)30)31(22)34(29)37/h3-21H,1-2H3/q+1. The quantitative estimate of drug-likeness (QED) is 0.135. The minimum atomic E-state index is 1.24. The molecule has 2 nitrogen and oxygen atoms in total. The van der Waals surface area contributed by atoms with Crippen LogP contribution >= 0.6 is 0 Å². The number of hydrogen-bond donors (Lipinski definition) is 0. The number of pyridine rings is 2. The highest BCUT2D eigenvalue weighted by Crippen LogP contribution is 2.44. The summed E-state index contributed by atoms with van der Waals surface area (Å²) >= 11 is 0. The highest BCUT2D eigenvalue weighted by Gasteiger charge is 2.25. The minimum Gasteiger partial charge on any atom is -0.307 e. The van der Waals surface area contributed by atoms with Crippen molar-refractivity contribution in [1.29, 1.82) is 0 Å². The van der Waals surface area contributed by atoms with Crippen LogP contribution in [0.5, 0.6) is 0 Å². The van der Waals surface area contributed by atoms with Gasteiger partial charge in [0.15, 0.2) is 6.20 Å². The van der Waals surface area contributed by atoms with Crippen molar-refractivity contribution in [3.8, 4) is 22.3 Å². The Morgan fingerprint density at radius 2 is 1.32 bits per heavy atom. The van der Waals surface area contributed by atoms with E-state index < -0.39 is 0 Å². The molecule has 37 heavy (non-hydrogen) atoms. The number of fused-ring (bicyclic) bond motifs is 5. The molecule has 0 bridgehead atoms. The van der Waals surface area contributed by atoms with Crippen LogP contribution in [-0.4, -0.2) is 4.40 Å². The van der Waals surface area contributed by atoms with E-state index in [2.05, 4.69) is 138 Å². The van der Waals surface area contributed by atoms with Gasteiger partial charge in [0.05, 0.1) is 27.3 Å². The van der Waals surface area contributed by atoms with Crippen LogP contribution in [0.3, 0.4) is 0 Å². The lowest BCUT2D eigenvalue weighted by atomic mass is 9.96. The average Bonchev–Trinajstić information content (AvgIpc) is 3.29. The van der Waals surface area contributed by atoms with Crippen molar-refractivity contribution in [3.05, 3.63) is 121 Å². The maximum atomic E-state index is 2.55. The van der Waals surface area contributed by atoms with Gasteiger partial charge in [-0.2, -0.15) is 0 Å². The fourth-order valence-corrected chi connectivity index (χ4v) is 6.40. The van der Waals surface area contributed by atoms with Crippen LogP contribution in [-0.2, 0) is 7.05 Å². The zero-order chi connectivity index (χ0) is 24.7. The van der Waals surface area contributed by atoms with Crippen molar-refractivity contribution < 1.29 is 4.57 Å². The molecule has 8 rings (SSSR count). The molecule has 0 radical (unpaired) electrons. The van der Waals surface area contributed by atoms with E-state index in [1.165, 1.54) is 76.8 Å². The van der Waals surface area contributed by atoms with Crippen LogP contribution in [0.15, 0.2) is 115 Å². The largest absolute Gasteiger partial charge is 0.307 e. The zero-order valence-electron chi connectivity index (χ0n) is 20.9. The second-order valence-corrected chi connectivity index (χ2v) is 10.2. The first-order valence-corrected chi connectivity index (χ1v) is 12.9.